The quantitative estimate of drug-likeness (QED) is 0.802. The first-order valence-electron chi connectivity index (χ1n) is 7.25. The van der Waals surface area contributed by atoms with Gasteiger partial charge in [0, 0.05) is 11.1 Å². The minimum Gasteiger partial charge on any atom is -0.314 e. The zero-order valence-corrected chi connectivity index (χ0v) is 12.0. The van der Waals surface area contributed by atoms with E-state index in [9.17, 15) is 0 Å². The first kappa shape index (κ1) is 13.9. The maximum atomic E-state index is 5.93. The summed E-state index contributed by atoms with van der Waals surface area (Å²) in [4.78, 5) is 0. The van der Waals surface area contributed by atoms with E-state index in [0.29, 0.717) is 6.04 Å². The average Bonchev–Trinajstić information content (AvgIpc) is 2.85. The molecule has 1 aliphatic rings. The van der Waals surface area contributed by atoms with Gasteiger partial charge in [0.15, 0.2) is 0 Å². The Morgan fingerprint density at radius 2 is 1.89 bits per heavy atom. The number of nitrogens with one attached hydrogen (secondary N) is 1. The Kier molecular flexibility index (Phi) is 5.52. The summed E-state index contributed by atoms with van der Waals surface area (Å²) in [6.45, 7) is 3.26. The van der Waals surface area contributed by atoms with Gasteiger partial charge in [-0.3, -0.25) is 0 Å². The van der Waals surface area contributed by atoms with Crippen molar-refractivity contribution < 1.29 is 0 Å². The molecule has 0 spiro atoms. The molecule has 1 N–H and O–H groups in total. The number of likely N-dealkylation sites (N-methyl/N-ethyl adjacent to an activating group) is 1. The first-order chi connectivity index (χ1) is 8.78. The molecule has 2 rings (SSSR count). The Bertz CT molecular complexity index is 341. The minimum atomic E-state index is 0.624. The van der Waals surface area contributed by atoms with Crippen LogP contribution in [0.1, 0.15) is 44.6 Å². The summed E-state index contributed by atoms with van der Waals surface area (Å²) >= 11 is 5.93. The second kappa shape index (κ2) is 7.16. The van der Waals surface area contributed by atoms with Crippen molar-refractivity contribution in [2.45, 2.75) is 51.5 Å². The molecule has 0 radical (unpaired) electrons. The summed E-state index contributed by atoms with van der Waals surface area (Å²) in [7, 11) is 0. The molecule has 1 fully saturated rings. The highest BCUT2D eigenvalue weighted by molar-refractivity contribution is 6.30. The molecule has 0 heterocycles. The van der Waals surface area contributed by atoms with Crippen molar-refractivity contribution in [1.29, 1.82) is 0 Å². The van der Waals surface area contributed by atoms with Gasteiger partial charge in [0.05, 0.1) is 0 Å². The summed E-state index contributed by atoms with van der Waals surface area (Å²) in [6.07, 6.45) is 8.19. The third kappa shape index (κ3) is 4.29. The Morgan fingerprint density at radius 3 is 2.50 bits per heavy atom. The lowest BCUT2D eigenvalue weighted by molar-refractivity contribution is 0.390. The monoisotopic (exact) mass is 265 g/mol. The molecule has 0 amide bonds. The molecule has 1 aromatic rings. The maximum absolute atomic E-state index is 5.93. The fourth-order valence-electron chi connectivity index (χ4n) is 3.08. The van der Waals surface area contributed by atoms with E-state index in [1.807, 2.05) is 12.1 Å². The predicted molar refractivity (Wildman–Crippen MR) is 79.2 cm³/mol. The van der Waals surface area contributed by atoms with Crippen LogP contribution in [0.25, 0.3) is 0 Å². The van der Waals surface area contributed by atoms with Crippen LogP contribution in [0, 0.1) is 5.92 Å². The molecular weight excluding hydrogens is 242 g/mol. The normalized spacial score (nSPS) is 18.1. The molecular formula is C16H24ClN. The standard InChI is InChI=1S/C16H24ClN/c1-2-18-16(11-13-5-3-4-6-13)12-14-7-9-15(17)10-8-14/h7-10,13,16,18H,2-6,11-12H2,1H3. The van der Waals surface area contributed by atoms with E-state index < -0.39 is 0 Å². The SMILES string of the molecule is CCNC(Cc1ccc(Cl)cc1)CC1CCCC1. The summed E-state index contributed by atoms with van der Waals surface area (Å²) in [5, 5.41) is 4.47. The molecule has 1 nitrogen and oxygen atoms in total. The summed E-state index contributed by atoms with van der Waals surface area (Å²) in [5.41, 5.74) is 1.39. The third-order valence-electron chi connectivity index (χ3n) is 3.98. The number of hydrogen-bond donors (Lipinski definition) is 1. The van der Waals surface area contributed by atoms with E-state index >= 15 is 0 Å². The van der Waals surface area contributed by atoms with Gasteiger partial charge in [0.25, 0.3) is 0 Å². The first-order valence-corrected chi connectivity index (χ1v) is 7.63. The van der Waals surface area contributed by atoms with Gasteiger partial charge in [-0.1, -0.05) is 56.3 Å². The molecule has 18 heavy (non-hydrogen) atoms. The van der Waals surface area contributed by atoms with Crippen LogP contribution >= 0.6 is 11.6 Å². The summed E-state index contributed by atoms with van der Waals surface area (Å²) in [6, 6.07) is 8.92. The van der Waals surface area contributed by atoms with Gasteiger partial charge in [-0.25, -0.2) is 0 Å². The van der Waals surface area contributed by atoms with Gasteiger partial charge in [-0.2, -0.15) is 0 Å². The number of benzene rings is 1. The second-order valence-electron chi connectivity index (χ2n) is 5.47. The highest BCUT2D eigenvalue weighted by atomic mass is 35.5. The van der Waals surface area contributed by atoms with Crippen molar-refractivity contribution in [1.82, 2.24) is 5.32 Å². The maximum Gasteiger partial charge on any atom is 0.0406 e. The van der Waals surface area contributed by atoms with Crippen molar-refractivity contribution in [3.63, 3.8) is 0 Å². The molecule has 1 saturated carbocycles. The molecule has 2 heteroatoms. The molecule has 1 unspecified atom stereocenters. The molecule has 0 aromatic heterocycles. The van der Waals surface area contributed by atoms with Crippen LogP contribution < -0.4 is 5.32 Å². The van der Waals surface area contributed by atoms with Gasteiger partial charge < -0.3 is 5.32 Å². The van der Waals surface area contributed by atoms with Gasteiger partial charge in [-0.05, 0) is 43.0 Å². The van der Waals surface area contributed by atoms with Gasteiger partial charge >= 0.3 is 0 Å². The van der Waals surface area contributed by atoms with Crippen LogP contribution in [0.4, 0.5) is 0 Å². The lowest BCUT2D eigenvalue weighted by Crippen LogP contribution is -2.32. The van der Waals surface area contributed by atoms with Crippen molar-refractivity contribution in [3.8, 4) is 0 Å². The van der Waals surface area contributed by atoms with E-state index in [0.717, 1.165) is 23.9 Å². The molecule has 1 atom stereocenters. The number of rotatable bonds is 6. The van der Waals surface area contributed by atoms with E-state index in [4.69, 9.17) is 11.6 Å². The Hall–Kier alpha value is -0.530. The predicted octanol–water partition coefficient (Wildman–Crippen LogP) is 4.44. The second-order valence-corrected chi connectivity index (χ2v) is 5.91. The lowest BCUT2D eigenvalue weighted by atomic mass is 9.94. The topological polar surface area (TPSA) is 12.0 Å². The molecule has 100 valence electrons. The number of halogens is 1. The highest BCUT2D eigenvalue weighted by Crippen LogP contribution is 2.29. The Morgan fingerprint density at radius 1 is 1.22 bits per heavy atom. The van der Waals surface area contributed by atoms with E-state index in [-0.39, 0.29) is 0 Å². The van der Waals surface area contributed by atoms with Crippen LogP contribution in [-0.4, -0.2) is 12.6 Å². The Balaban J connectivity index is 1.90. The zero-order chi connectivity index (χ0) is 12.8. The van der Waals surface area contributed by atoms with Crippen molar-refractivity contribution in [3.05, 3.63) is 34.9 Å². The van der Waals surface area contributed by atoms with Crippen molar-refractivity contribution in [2.75, 3.05) is 6.54 Å². The third-order valence-corrected chi connectivity index (χ3v) is 4.23. The molecule has 1 aromatic carbocycles. The van der Waals surface area contributed by atoms with Gasteiger partial charge in [0.1, 0.15) is 0 Å². The highest BCUT2D eigenvalue weighted by Gasteiger charge is 2.19. The number of hydrogen-bond acceptors (Lipinski definition) is 1. The van der Waals surface area contributed by atoms with E-state index in [1.54, 1.807) is 0 Å². The van der Waals surface area contributed by atoms with Crippen LogP contribution in [0.3, 0.4) is 0 Å². The van der Waals surface area contributed by atoms with Crippen LogP contribution in [0.5, 0.6) is 0 Å². The largest absolute Gasteiger partial charge is 0.314 e. The van der Waals surface area contributed by atoms with Crippen LogP contribution in [0.2, 0.25) is 5.02 Å². The van der Waals surface area contributed by atoms with Crippen LogP contribution in [-0.2, 0) is 6.42 Å². The summed E-state index contributed by atoms with van der Waals surface area (Å²) in [5.74, 6) is 0.946. The fourth-order valence-corrected chi connectivity index (χ4v) is 3.21. The van der Waals surface area contributed by atoms with E-state index in [1.165, 1.54) is 37.7 Å². The van der Waals surface area contributed by atoms with Crippen molar-refractivity contribution in [2.24, 2.45) is 5.92 Å². The van der Waals surface area contributed by atoms with Gasteiger partial charge in [-0.15, -0.1) is 0 Å². The smallest absolute Gasteiger partial charge is 0.0406 e. The fraction of sp³-hybridized carbons (Fsp3) is 0.625. The van der Waals surface area contributed by atoms with Crippen molar-refractivity contribution >= 4 is 11.6 Å². The van der Waals surface area contributed by atoms with Gasteiger partial charge in [0.2, 0.25) is 0 Å². The Labute approximate surface area is 116 Å². The zero-order valence-electron chi connectivity index (χ0n) is 11.3. The van der Waals surface area contributed by atoms with E-state index in [2.05, 4.69) is 24.4 Å². The molecule has 0 aliphatic heterocycles. The molecule has 0 saturated heterocycles. The summed E-state index contributed by atoms with van der Waals surface area (Å²) < 4.78 is 0. The molecule has 1 aliphatic carbocycles. The van der Waals surface area contributed by atoms with Crippen LogP contribution in [0.15, 0.2) is 24.3 Å². The minimum absolute atomic E-state index is 0.624. The lowest BCUT2D eigenvalue weighted by Gasteiger charge is -2.21. The molecule has 0 bridgehead atoms. The average molecular weight is 266 g/mol.